The lowest BCUT2D eigenvalue weighted by molar-refractivity contribution is 0.0686. The molecule has 0 aliphatic rings. The normalized spacial score (nSPS) is 11.2. The van der Waals surface area contributed by atoms with Crippen molar-refractivity contribution >= 4 is 17.9 Å². The summed E-state index contributed by atoms with van der Waals surface area (Å²) in [6, 6.07) is 53.1. The summed E-state index contributed by atoms with van der Waals surface area (Å²) in [4.78, 5) is 43.2. The maximum Gasteiger partial charge on any atom is 0.335 e. The number of hydrogen-bond acceptors (Lipinski definition) is 7. The zero-order chi connectivity index (χ0) is 57.1. The second kappa shape index (κ2) is 41.9. The molecule has 10 heteroatoms. The molecule has 0 aliphatic heterocycles. The third kappa shape index (κ3) is 28.4. The number of hydrogen-bond donors (Lipinski definition) is 4. The summed E-state index contributed by atoms with van der Waals surface area (Å²) < 4.78 is 0. The fourth-order valence-corrected chi connectivity index (χ4v) is 7.29. The van der Waals surface area contributed by atoms with Crippen molar-refractivity contribution in [2.24, 2.45) is 23.5 Å². The summed E-state index contributed by atoms with van der Waals surface area (Å²) in [6.07, 6.45) is 19.6. The van der Waals surface area contributed by atoms with Gasteiger partial charge in [0, 0.05) is 5.56 Å². The largest absolute Gasteiger partial charge is 0.478 e. The molecule has 7 aromatic rings. The van der Waals surface area contributed by atoms with E-state index >= 15 is 0 Å². The molecular formula is C67H90N4O6. The van der Waals surface area contributed by atoms with Crippen LogP contribution in [0.4, 0.5) is 0 Å². The first kappa shape index (κ1) is 67.7. The first-order valence-electron chi connectivity index (χ1n) is 27.6. The molecule has 0 saturated heterocycles. The zero-order valence-electron chi connectivity index (χ0n) is 47.6. The van der Waals surface area contributed by atoms with Crippen LogP contribution in [0.15, 0.2) is 189 Å². The molecular weight excluding hydrogens is 957 g/mol. The van der Waals surface area contributed by atoms with Gasteiger partial charge < -0.3 is 21.1 Å². The van der Waals surface area contributed by atoms with E-state index in [1.165, 1.54) is 89.7 Å². The molecule has 77 heavy (non-hydrogen) atoms. The van der Waals surface area contributed by atoms with E-state index in [0.29, 0.717) is 22.5 Å². The summed E-state index contributed by atoms with van der Waals surface area (Å²) in [5, 5.41) is 25.2. The Morgan fingerprint density at radius 2 is 0.701 bits per heavy atom. The number of carbonyl (C=O) groups is 3. The molecule has 0 radical (unpaired) electrons. The number of carboxylic acid groups (broad SMARTS) is 3. The quantitative estimate of drug-likeness (QED) is 0.0570. The average molecular weight is 1050 g/mol. The number of rotatable bonds is 19. The van der Waals surface area contributed by atoms with Gasteiger partial charge in [-0.1, -0.05) is 279 Å². The minimum absolute atomic E-state index is 0.331. The third-order valence-electron chi connectivity index (χ3n) is 12.8. The summed E-state index contributed by atoms with van der Waals surface area (Å²) in [6.45, 7) is 20.5. The molecule has 0 fully saturated rings. The van der Waals surface area contributed by atoms with Crippen LogP contribution < -0.4 is 5.73 Å². The van der Waals surface area contributed by atoms with Gasteiger partial charge in [-0.2, -0.15) is 0 Å². The van der Waals surface area contributed by atoms with E-state index in [0.717, 1.165) is 40.0 Å². The van der Waals surface area contributed by atoms with Gasteiger partial charge in [-0.3, -0.25) is 0 Å². The van der Waals surface area contributed by atoms with E-state index in [9.17, 15) is 14.4 Å². The predicted octanol–water partition coefficient (Wildman–Crippen LogP) is 17.6. The molecule has 0 amide bonds. The van der Waals surface area contributed by atoms with Crippen molar-refractivity contribution < 1.29 is 29.7 Å². The number of nitrogens with two attached hydrogens (primary N) is 1. The first-order chi connectivity index (χ1) is 37.1. The predicted molar refractivity (Wildman–Crippen MR) is 319 cm³/mol. The van der Waals surface area contributed by atoms with Crippen LogP contribution in [0.5, 0.6) is 0 Å². The van der Waals surface area contributed by atoms with Crippen molar-refractivity contribution in [2.45, 2.75) is 145 Å². The van der Waals surface area contributed by atoms with Gasteiger partial charge in [0.25, 0.3) is 0 Å². The topological polar surface area (TPSA) is 177 Å². The number of carboxylic acids is 3. The van der Waals surface area contributed by atoms with Crippen LogP contribution in [-0.4, -0.2) is 48.2 Å². The Morgan fingerprint density at radius 3 is 0.961 bits per heavy atom. The number of aromatic nitrogens is 3. The van der Waals surface area contributed by atoms with Gasteiger partial charge in [-0.15, -0.1) is 0 Å². The van der Waals surface area contributed by atoms with Crippen molar-refractivity contribution in [1.82, 2.24) is 15.0 Å². The van der Waals surface area contributed by atoms with Crippen molar-refractivity contribution in [3.8, 4) is 11.4 Å². The van der Waals surface area contributed by atoms with Crippen molar-refractivity contribution in [3.05, 3.63) is 222 Å². The average Bonchev–Trinajstić information content (AvgIpc) is 3.49. The van der Waals surface area contributed by atoms with Gasteiger partial charge in [-0.25, -0.2) is 29.3 Å². The number of benzene rings is 6. The maximum atomic E-state index is 10.2. The van der Waals surface area contributed by atoms with E-state index < -0.39 is 23.4 Å². The molecule has 0 bridgehead atoms. The van der Waals surface area contributed by atoms with E-state index in [-0.39, 0.29) is 0 Å². The highest BCUT2D eigenvalue weighted by Gasteiger charge is 2.34. The van der Waals surface area contributed by atoms with Gasteiger partial charge in [0.15, 0.2) is 5.82 Å². The standard InChI is InChI=1S/C22H18N4.3C8H18.3C7H6O2/c23-22(17-9-3-1-4-10-17,18-11-5-2-6-12-18)20-14-8-7-13-19(20)21-25-15-24-16-26-21;3*1-4-6-7-8(3)5-2;3*8-7(9)6-4-2-1-3-5-6/h1-16H,23H2;3*8H,4-7H2,1-3H3;3*1-5H,(H,8,9). The van der Waals surface area contributed by atoms with Gasteiger partial charge in [0.2, 0.25) is 0 Å². The Kier molecular flexibility index (Phi) is 36.8. The molecule has 7 rings (SSSR count). The Hall–Kier alpha value is -7.30. The molecule has 6 aromatic carbocycles. The van der Waals surface area contributed by atoms with Crippen LogP contribution in [0, 0.1) is 17.8 Å². The van der Waals surface area contributed by atoms with Gasteiger partial charge in [0.05, 0.1) is 22.2 Å². The SMILES string of the molecule is CCCCC(C)CC.CCCCC(C)CC.CCCCC(C)CC.NC(c1ccccc1)(c1ccccc1)c1ccccc1-c1ncncn1.O=C(O)c1ccccc1.O=C(O)c1ccccc1.O=C(O)c1ccccc1. The van der Waals surface area contributed by atoms with Crippen LogP contribution in [0.25, 0.3) is 11.4 Å². The minimum Gasteiger partial charge on any atom is -0.478 e. The molecule has 10 nitrogen and oxygen atoms in total. The highest BCUT2D eigenvalue weighted by atomic mass is 16.4. The van der Waals surface area contributed by atoms with E-state index in [1.807, 2.05) is 60.7 Å². The van der Waals surface area contributed by atoms with Crippen molar-refractivity contribution in [2.75, 3.05) is 0 Å². The zero-order valence-corrected chi connectivity index (χ0v) is 47.6. The second-order valence-corrected chi connectivity index (χ2v) is 19.0. The van der Waals surface area contributed by atoms with Crippen LogP contribution >= 0.6 is 0 Å². The second-order valence-electron chi connectivity index (χ2n) is 19.0. The van der Waals surface area contributed by atoms with Crippen molar-refractivity contribution in [3.63, 3.8) is 0 Å². The van der Waals surface area contributed by atoms with E-state index in [4.69, 9.17) is 21.1 Å². The molecule has 3 atom stereocenters. The molecule has 414 valence electrons. The van der Waals surface area contributed by atoms with Crippen LogP contribution in [-0.2, 0) is 5.54 Å². The highest BCUT2D eigenvalue weighted by Crippen LogP contribution is 2.38. The molecule has 0 aliphatic carbocycles. The van der Waals surface area contributed by atoms with Crippen molar-refractivity contribution in [1.29, 1.82) is 0 Å². The molecule has 0 spiro atoms. The molecule has 5 N–H and O–H groups in total. The highest BCUT2D eigenvalue weighted by molar-refractivity contribution is 5.88. The molecule has 3 unspecified atom stereocenters. The number of unbranched alkanes of at least 4 members (excludes halogenated alkanes) is 3. The maximum absolute atomic E-state index is 10.2. The lowest BCUT2D eigenvalue weighted by Crippen LogP contribution is -2.39. The number of nitrogens with zero attached hydrogens (tertiary/aromatic N) is 3. The minimum atomic E-state index is -0.879. The Balaban J connectivity index is 0.000000489. The summed E-state index contributed by atoms with van der Waals surface area (Å²) in [7, 11) is 0. The Bertz CT molecular complexity index is 2340. The van der Waals surface area contributed by atoms with Gasteiger partial charge in [-0.05, 0) is 70.8 Å². The van der Waals surface area contributed by atoms with Gasteiger partial charge >= 0.3 is 17.9 Å². The molecule has 0 saturated carbocycles. The Morgan fingerprint density at radius 1 is 0.429 bits per heavy atom. The van der Waals surface area contributed by atoms with Crippen LogP contribution in [0.2, 0.25) is 0 Å². The summed E-state index contributed by atoms with van der Waals surface area (Å²) >= 11 is 0. The van der Waals surface area contributed by atoms with Gasteiger partial charge in [0.1, 0.15) is 12.7 Å². The third-order valence-corrected chi connectivity index (χ3v) is 12.8. The molecule has 1 heterocycles. The first-order valence-corrected chi connectivity index (χ1v) is 27.6. The monoisotopic (exact) mass is 1050 g/mol. The lowest BCUT2D eigenvalue weighted by atomic mass is 9.76. The smallest absolute Gasteiger partial charge is 0.335 e. The molecule has 1 aromatic heterocycles. The van der Waals surface area contributed by atoms with E-state index in [2.05, 4.69) is 102 Å². The van der Waals surface area contributed by atoms with E-state index in [1.54, 1.807) is 91.0 Å². The fraction of sp³-hybridized carbons (Fsp3) is 0.373. The van der Waals surface area contributed by atoms with Crippen LogP contribution in [0.1, 0.15) is 187 Å². The summed E-state index contributed by atoms with van der Waals surface area (Å²) in [5.74, 6) is 0.832. The Labute approximate surface area is 462 Å². The summed E-state index contributed by atoms with van der Waals surface area (Å²) in [5.41, 5.74) is 11.2. The number of aromatic carboxylic acids is 3. The fourth-order valence-electron chi connectivity index (χ4n) is 7.29. The lowest BCUT2D eigenvalue weighted by Gasteiger charge is -2.33. The van der Waals surface area contributed by atoms with Crippen LogP contribution in [0.3, 0.4) is 0 Å².